The van der Waals surface area contributed by atoms with Gasteiger partial charge < -0.3 is 0 Å². The second-order valence-electron chi connectivity index (χ2n) is 7.91. The van der Waals surface area contributed by atoms with Crippen LogP contribution in [-0.4, -0.2) is 0 Å². The minimum absolute atomic E-state index is 0.732. The van der Waals surface area contributed by atoms with Crippen molar-refractivity contribution >= 4 is 0 Å². The van der Waals surface area contributed by atoms with E-state index in [0.29, 0.717) is 0 Å². The second kappa shape index (κ2) is 8.00. The molecule has 2 saturated carbocycles. The molecule has 0 aromatic heterocycles. The van der Waals surface area contributed by atoms with Crippen LogP contribution < -0.4 is 0 Å². The third kappa shape index (κ3) is 4.17. The molecule has 23 heavy (non-hydrogen) atoms. The van der Waals surface area contributed by atoms with E-state index in [1.165, 1.54) is 69.8 Å². The quantitative estimate of drug-likeness (QED) is 0.628. The normalized spacial score (nSPS) is 31.5. The Morgan fingerprint density at radius 1 is 0.870 bits per heavy atom. The predicted octanol–water partition coefficient (Wildman–Crippen LogP) is 6.44. The van der Waals surface area contributed by atoms with Crippen molar-refractivity contribution in [2.75, 3.05) is 0 Å². The van der Waals surface area contributed by atoms with Crippen LogP contribution >= 0.6 is 0 Å². The Kier molecular flexibility index (Phi) is 5.76. The molecule has 3 rings (SSSR count). The lowest BCUT2D eigenvalue weighted by atomic mass is 9.68. The molecule has 0 heterocycles. The van der Waals surface area contributed by atoms with Crippen molar-refractivity contribution < 1.29 is 0 Å². The first-order valence-corrected chi connectivity index (χ1v) is 9.80. The van der Waals surface area contributed by atoms with Gasteiger partial charge in [0.1, 0.15) is 0 Å². The molecule has 2 aliphatic carbocycles. The second-order valence-corrected chi connectivity index (χ2v) is 7.91. The maximum atomic E-state index is 8.92. The van der Waals surface area contributed by atoms with E-state index in [2.05, 4.69) is 25.1 Å². The molecule has 0 N–H and O–H groups in total. The fourth-order valence-corrected chi connectivity index (χ4v) is 5.11. The number of hydrogen-bond donors (Lipinski definition) is 0. The van der Waals surface area contributed by atoms with Gasteiger partial charge in [0, 0.05) is 0 Å². The Balaban J connectivity index is 1.48. The first kappa shape index (κ1) is 16.6. The minimum atomic E-state index is 0.732. The summed E-state index contributed by atoms with van der Waals surface area (Å²) in [5.74, 6) is 3.78. The highest BCUT2D eigenvalue weighted by atomic mass is 14.4. The van der Waals surface area contributed by atoms with E-state index in [1.54, 1.807) is 0 Å². The highest BCUT2D eigenvalue weighted by Crippen LogP contribution is 2.44. The topological polar surface area (TPSA) is 23.8 Å². The smallest absolute Gasteiger partial charge is 0.0991 e. The first-order valence-electron chi connectivity index (χ1n) is 9.80. The lowest BCUT2D eigenvalue weighted by Gasteiger charge is -2.38. The van der Waals surface area contributed by atoms with Gasteiger partial charge in [-0.15, -0.1) is 0 Å². The first-order chi connectivity index (χ1) is 11.3. The van der Waals surface area contributed by atoms with E-state index >= 15 is 0 Å². The third-order valence-electron chi connectivity index (χ3n) is 6.54. The molecular weight excluding hydrogens is 278 g/mol. The van der Waals surface area contributed by atoms with Gasteiger partial charge in [-0.1, -0.05) is 44.7 Å². The summed E-state index contributed by atoms with van der Waals surface area (Å²) < 4.78 is 0. The maximum Gasteiger partial charge on any atom is 0.0991 e. The van der Waals surface area contributed by atoms with Crippen LogP contribution in [0.25, 0.3) is 0 Å². The summed E-state index contributed by atoms with van der Waals surface area (Å²) in [4.78, 5) is 0. The Morgan fingerprint density at radius 2 is 1.43 bits per heavy atom. The summed E-state index contributed by atoms with van der Waals surface area (Å²) in [6, 6.07) is 10.5. The lowest BCUT2D eigenvalue weighted by Crippen LogP contribution is -2.25. The van der Waals surface area contributed by atoms with Gasteiger partial charge in [-0.05, 0) is 79.9 Å². The SMILES string of the molecule is CCCC1CCC(C2CCC(c3ccc(C#N)cc3)CC2)CC1. The monoisotopic (exact) mass is 309 g/mol. The largest absolute Gasteiger partial charge is 0.192 e. The number of nitriles is 1. The average molecular weight is 309 g/mol. The molecule has 1 nitrogen and oxygen atoms in total. The Labute approximate surface area is 142 Å². The molecular formula is C22H31N. The van der Waals surface area contributed by atoms with Gasteiger partial charge >= 0.3 is 0 Å². The van der Waals surface area contributed by atoms with Crippen molar-refractivity contribution in [1.29, 1.82) is 5.26 Å². The molecule has 0 amide bonds. The Hall–Kier alpha value is -1.29. The van der Waals surface area contributed by atoms with Gasteiger partial charge in [0.25, 0.3) is 0 Å². The van der Waals surface area contributed by atoms with Crippen LogP contribution in [0, 0.1) is 29.1 Å². The molecule has 1 aromatic carbocycles. The molecule has 2 aliphatic rings. The van der Waals surface area contributed by atoms with E-state index < -0.39 is 0 Å². The van der Waals surface area contributed by atoms with Crippen molar-refractivity contribution in [3.63, 3.8) is 0 Å². The Morgan fingerprint density at radius 3 is 1.96 bits per heavy atom. The van der Waals surface area contributed by atoms with Gasteiger partial charge in [0.15, 0.2) is 0 Å². The minimum Gasteiger partial charge on any atom is -0.192 e. The third-order valence-corrected chi connectivity index (χ3v) is 6.54. The van der Waals surface area contributed by atoms with Crippen LogP contribution in [0.3, 0.4) is 0 Å². The summed E-state index contributed by atoms with van der Waals surface area (Å²) in [6.45, 7) is 2.33. The van der Waals surface area contributed by atoms with Crippen molar-refractivity contribution in [2.45, 2.75) is 77.0 Å². The molecule has 0 aliphatic heterocycles. The molecule has 0 radical (unpaired) electrons. The number of nitrogens with zero attached hydrogens (tertiary/aromatic N) is 1. The van der Waals surface area contributed by atoms with Crippen LogP contribution in [0.2, 0.25) is 0 Å². The molecule has 0 unspecified atom stereocenters. The van der Waals surface area contributed by atoms with Crippen molar-refractivity contribution in [1.82, 2.24) is 0 Å². The molecule has 1 heteroatoms. The van der Waals surface area contributed by atoms with Crippen LogP contribution in [-0.2, 0) is 0 Å². The fraction of sp³-hybridized carbons (Fsp3) is 0.682. The highest BCUT2D eigenvalue weighted by molar-refractivity contribution is 5.33. The summed E-state index contributed by atoms with van der Waals surface area (Å²) in [5, 5.41) is 8.92. The fourth-order valence-electron chi connectivity index (χ4n) is 5.11. The summed E-state index contributed by atoms with van der Waals surface area (Å²) in [7, 11) is 0. The molecule has 0 spiro atoms. The summed E-state index contributed by atoms with van der Waals surface area (Å²) >= 11 is 0. The summed E-state index contributed by atoms with van der Waals surface area (Å²) in [6.07, 6.45) is 14.4. The lowest BCUT2D eigenvalue weighted by molar-refractivity contribution is 0.156. The van der Waals surface area contributed by atoms with Gasteiger partial charge in [-0.2, -0.15) is 5.26 Å². The summed E-state index contributed by atoms with van der Waals surface area (Å²) in [5.41, 5.74) is 2.24. The Bertz CT molecular complexity index is 508. The number of benzene rings is 1. The molecule has 1 aromatic rings. The number of hydrogen-bond acceptors (Lipinski definition) is 1. The van der Waals surface area contributed by atoms with Crippen LogP contribution in [0.4, 0.5) is 0 Å². The predicted molar refractivity (Wildman–Crippen MR) is 96.2 cm³/mol. The van der Waals surface area contributed by atoms with Crippen molar-refractivity contribution in [3.05, 3.63) is 35.4 Å². The van der Waals surface area contributed by atoms with Gasteiger partial charge in [0.2, 0.25) is 0 Å². The van der Waals surface area contributed by atoms with Crippen molar-refractivity contribution in [2.24, 2.45) is 17.8 Å². The van der Waals surface area contributed by atoms with Gasteiger partial charge in [-0.25, -0.2) is 0 Å². The van der Waals surface area contributed by atoms with Gasteiger partial charge in [0.05, 0.1) is 11.6 Å². The molecule has 124 valence electrons. The zero-order valence-electron chi connectivity index (χ0n) is 14.6. The molecule has 0 atom stereocenters. The molecule has 0 saturated heterocycles. The van der Waals surface area contributed by atoms with Crippen molar-refractivity contribution in [3.8, 4) is 6.07 Å². The van der Waals surface area contributed by atoms with Crippen LogP contribution in [0.5, 0.6) is 0 Å². The zero-order valence-corrected chi connectivity index (χ0v) is 14.6. The van der Waals surface area contributed by atoms with Crippen LogP contribution in [0.15, 0.2) is 24.3 Å². The maximum absolute atomic E-state index is 8.92. The van der Waals surface area contributed by atoms with Crippen LogP contribution in [0.1, 0.15) is 88.2 Å². The zero-order chi connectivity index (χ0) is 16.1. The molecule has 2 fully saturated rings. The van der Waals surface area contributed by atoms with E-state index in [-0.39, 0.29) is 0 Å². The standard InChI is InChI=1S/C22H31N/c1-2-3-17-4-8-19(9-5-17)21-12-14-22(15-13-21)20-10-6-18(16-23)7-11-20/h6-7,10-11,17,19,21-22H,2-5,8-9,12-15H2,1H3. The van der Waals surface area contributed by atoms with E-state index in [0.717, 1.165) is 29.2 Å². The van der Waals surface area contributed by atoms with Gasteiger partial charge in [-0.3, -0.25) is 0 Å². The highest BCUT2D eigenvalue weighted by Gasteiger charge is 2.30. The van der Waals surface area contributed by atoms with E-state index in [9.17, 15) is 0 Å². The average Bonchev–Trinajstić information content (AvgIpc) is 2.63. The van der Waals surface area contributed by atoms with E-state index in [1.807, 2.05) is 12.1 Å². The molecule has 0 bridgehead atoms. The number of rotatable bonds is 4. The van der Waals surface area contributed by atoms with E-state index in [4.69, 9.17) is 5.26 Å².